The number of nitrogens with zero attached hydrogens (tertiary/aromatic N) is 3. The fourth-order valence-corrected chi connectivity index (χ4v) is 2.96. The molecule has 1 N–H and O–H groups in total. The van der Waals surface area contributed by atoms with Gasteiger partial charge in [-0.15, -0.1) is 0 Å². The molecule has 1 amide bonds. The van der Waals surface area contributed by atoms with Crippen LogP contribution < -0.4 is 0 Å². The zero-order chi connectivity index (χ0) is 17.0. The van der Waals surface area contributed by atoms with Crippen LogP contribution in [0.2, 0.25) is 0 Å². The van der Waals surface area contributed by atoms with Crippen LogP contribution in [0.3, 0.4) is 0 Å². The van der Waals surface area contributed by atoms with Gasteiger partial charge in [-0.1, -0.05) is 24.3 Å². The summed E-state index contributed by atoms with van der Waals surface area (Å²) in [7, 11) is 0. The molecule has 1 heterocycles. The van der Waals surface area contributed by atoms with E-state index in [1.165, 1.54) is 6.92 Å². The summed E-state index contributed by atoms with van der Waals surface area (Å²) >= 11 is 0. The number of nitriles is 1. The molecular formula is C18H25N3O2. The number of rotatable bonds is 4. The number of amides is 1. The molecular weight excluding hydrogens is 290 g/mol. The number of carbonyl (C=O) groups is 1. The number of piperazine rings is 1. The topological polar surface area (TPSA) is 67.6 Å². The average Bonchev–Trinajstić information content (AvgIpc) is 2.55. The third kappa shape index (κ3) is 4.10. The quantitative estimate of drug-likeness (QED) is 0.914. The Morgan fingerprint density at radius 1 is 1.30 bits per heavy atom. The molecule has 1 aromatic carbocycles. The number of benzene rings is 1. The predicted octanol–water partition coefficient (Wildman–Crippen LogP) is 1.51. The molecule has 1 aliphatic rings. The van der Waals surface area contributed by atoms with E-state index >= 15 is 0 Å². The molecule has 1 aromatic rings. The summed E-state index contributed by atoms with van der Waals surface area (Å²) in [6.07, 6.45) is -0.932. The van der Waals surface area contributed by atoms with Gasteiger partial charge in [-0.05, 0) is 31.9 Å². The third-order valence-electron chi connectivity index (χ3n) is 4.41. The molecule has 1 saturated heterocycles. The van der Waals surface area contributed by atoms with E-state index in [2.05, 4.69) is 17.0 Å². The van der Waals surface area contributed by atoms with E-state index in [0.29, 0.717) is 13.1 Å². The van der Waals surface area contributed by atoms with Gasteiger partial charge in [0, 0.05) is 32.7 Å². The Kier molecular flexibility index (Phi) is 5.40. The molecule has 5 heteroatoms. The molecule has 2 rings (SSSR count). The molecule has 1 unspecified atom stereocenters. The Bertz CT molecular complexity index is 597. The van der Waals surface area contributed by atoms with E-state index in [1.807, 2.05) is 32.0 Å². The highest BCUT2D eigenvalue weighted by Gasteiger charge is 2.26. The van der Waals surface area contributed by atoms with Crippen LogP contribution in [0.25, 0.3) is 0 Å². The minimum Gasteiger partial charge on any atom is -0.384 e. The van der Waals surface area contributed by atoms with Gasteiger partial charge in [0.2, 0.25) is 0 Å². The zero-order valence-electron chi connectivity index (χ0n) is 14.1. The summed E-state index contributed by atoms with van der Waals surface area (Å²) in [5.41, 5.74) is 1.71. The highest BCUT2D eigenvalue weighted by molar-refractivity contribution is 5.80. The van der Waals surface area contributed by atoms with Crippen molar-refractivity contribution >= 4 is 5.91 Å². The number of aliphatic hydroxyl groups excluding tert-OH is 1. The molecule has 124 valence electrons. The molecule has 0 radical (unpaired) electrons. The summed E-state index contributed by atoms with van der Waals surface area (Å²) in [4.78, 5) is 15.8. The number of carbonyl (C=O) groups excluding carboxylic acids is 1. The Labute approximate surface area is 138 Å². The summed E-state index contributed by atoms with van der Waals surface area (Å²) in [5.74, 6) is -0.198. The molecule has 1 atom stereocenters. The minimum atomic E-state index is -0.932. The highest BCUT2D eigenvalue weighted by Crippen LogP contribution is 2.26. The van der Waals surface area contributed by atoms with Crippen LogP contribution in [0.15, 0.2) is 24.3 Å². The fraction of sp³-hybridized carbons (Fsp3) is 0.556. The molecule has 0 saturated carbocycles. The van der Waals surface area contributed by atoms with Gasteiger partial charge >= 0.3 is 0 Å². The lowest BCUT2D eigenvalue weighted by Crippen LogP contribution is -2.50. The van der Waals surface area contributed by atoms with Gasteiger partial charge in [-0.2, -0.15) is 5.26 Å². The van der Waals surface area contributed by atoms with Crippen molar-refractivity contribution in [2.75, 3.05) is 26.2 Å². The summed E-state index contributed by atoms with van der Waals surface area (Å²) in [6.45, 7) is 8.98. The van der Waals surface area contributed by atoms with E-state index < -0.39 is 11.5 Å². The molecule has 23 heavy (non-hydrogen) atoms. The molecule has 0 spiro atoms. The lowest BCUT2D eigenvalue weighted by atomic mass is 9.83. The molecule has 1 aliphatic heterocycles. The Balaban J connectivity index is 2.03. The van der Waals surface area contributed by atoms with Gasteiger partial charge < -0.3 is 10.0 Å². The molecule has 0 aromatic heterocycles. The largest absolute Gasteiger partial charge is 0.384 e. The van der Waals surface area contributed by atoms with Gasteiger partial charge in [0.15, 0.2) is 0 Å². The van der Waals surface area contributed by atoms with Crippen LogP contribution in [0.4, 0.5) is 0 Å². The van der Waals surface area contributed by atoms with Gasteiger partial charge in [0.25, 0.3) is 5.91 Å². The van der Waals surface area contributed by atoms with Gasteiger partial charge in [0.1, 0.15) is 6.10 Å². The average molecular weight is 315 g/mol. The van der Waals surface area contributed by atoms with Crippen molar-refractivity contribution in [1.29, 1.82) is 5.26 Å². The normalized spacial score (nSPS) is 17.6. The lowest BCUT2D eigenvalue weighted by Gasteiger charge is -2.36. The third-order valence-corrected chi connectivity index (χ3v) is 4.41. The van der Waals surface area contributed by atoms with E-state index in [4.69, 9.17) is 0 Å². The van der Waals surface area contributed by atoms with Gasteiger partial charge in [-0.25, -0.2) is 0 Å². The first-order valence-electron chi connectivity index (χ1n) is 8.04. The SMILES string of the molecule is CC(O)C(=O)N1CCN(Cc2ccccc2C(C)(C)C#N)CC1. The Morgan fingerprint density at radius 3 is 2.48 bits per heavy atom. The van der Waals surface area contributed by atoms with E-state index in [1.54, 1.807) is 4.90 Å². The standard InChI is InChI=1S/C18H25N3O2/c1-14(22)17(23)21-10-8-20(9-11-21)12-15-6-4-5-7-16(15)18(2,3)13-19/h4-7,14,22H,8-12H2,1-3H3. The van der Waals surface area contributed by atoms with Crippen LogP contribution in [-0.4, -0.2) is 53.1 Å². The van der Waals surface area contributed by atoms with Crippen LogP contribution >= 0.6 is 0 Å². The second-order valence-corrected chi connectivity index (χ2v) is 6.67. The van der Waals surface area contributed by atoms with Crippen molar-refractivity contribution in [3.8, 4) is 6.07 Å². The highest BCUT2D eigenvalue weighted by atomic mass is 16.3. The molecule has 0 bridgehead atoms. The monoisotopic (exact) mass is 315 g/mol. The maximum atomic E-state index is 11.8. The summed E-state index contributed by atoms with van der Waals surface area (Å²) in [6, 6.07) is 10.4. The van der Waals surface area contributed by atoms with E-state index in [0.717, 1.165) is 30.8 Å². The predicted molar refractivity (Wildman–Crippen MR) is 88.6 cm³/mol. The van der Waals surface area contributed by atoms with Gasteiger partial charge in [0.05, 0.1) is 11.5 Å². The number of hydrogen-bond donors (Lipinski definition) is 1. The number of aliphatic hydroxyl groups is 1. The molecule has 0 aliphatic carbocycles. The first-order chi connectivity index (χ1) is 10.8. The minimum absolute atomic E-state index is 0.198. The summed E-state index contributed by atoms with van der Waals surface area (Å²) < 4.78 is 0. The maximum absolute atomic E-state index is 11.8. The van der Waals surface area contributed by atoms with Crippen molar-refractivity contribution in [3.63, 3.8) is 0 Å². The van der Waals surface area contributed by atoms with Crippen LogP contribution in [-0.2, 0) is 16.8 Å². The van der Waals surface area contributed by atoms with E-state index in [9.17, 15) is 15.2 Å². The van der Waals surface area contributed by atoms with E-state index in [-0.39, 0.29) is 5.91 Å². The number of hydrogen-bond acceptors (Lipinski definition) is 4. The second kappa shape index (κ2) is 7.12. The van der Waals surface area contributed by atoms with Crippen molar-refractivity contribution in [3.05, 3.63) is 35.4 Å². The Hall–Kier alpha value is -1.90. The molecule has 5 nitrogen and oxygen atoms in total. The van der Waals surface area contributed by atoms with Crippen molar-refractivity contribution in [2.24, 2.45) is 0 Å². The Morgan fingerprint density at radius 2 is 1.91 bits per heavy atom. The van der Waals surface area contributed by atoms with Crippen LogP contribution in [0.5, 0.6) is 0 Å². The first-order valence-corrected chi connectivity index (χ1v) is 8.04. The van der Waals surface area contributed by atoms with Crippen molar-refractivity contribution in [1.82, 2.24) is 9.80 Å². The maximum Gasteiger partial charge on any atom is 0.251 e. The fourth-order valence-electron chi connectivity index (χ4n) is 2.96. The first kappa shape index (κ1) is 17.5. The van der Waals surface area contributed by atoms with Crippen molar-refractivity contribution < 1.29 is 9.90 Å². The smallest absolute Gasteiger partial charge is 0.251 e. The zero-order valence-corrected chi connectivity index (χ0v) is 14.1. The molecule has 1 fully saturated rings. The van der Waals surface area contributed by atoms with Gasteiger partial charge in [-0.3, -0.25) is 9.69 Å². The second-order valence-electron chi connectivity index (χ2n) is 6.67. The van der Waals surface area contributed by atoms with Crippen LogP contribution in [0.1, 0.15) is 31.9 Å². The summed E-state index contributed by atoms with van der Waals surface area (Å²) in [5, 5.41) is 18.8. The van der Waals surface area contributed by atoms with Crippen molar-refractivity contribution in [2.45, 2.75) is 38.8 Å². The van der Waals surface area contributed by atoms with Crippen LogP contribution in [0, 0.1) is 11.3 Å². The lowest BCUT2D eigenvalue weighted by molar-refractivity contribution is -0.141.